The van der Waals surface area contributed by atoms with E-state index in [2.05, 4.69) is 10.4 Å². The van der Waals surface area contributed by atoms with Crippen LogP contribution in [0.2, 0.25) is 0 Å². The van der Waals surface area contributed by atoms with E-state index in [0.717, 1.165) is 11.1 Å². The molecule has 1 atom stereocenters. The second-order valence-electron chi connectivity index (χ2n) is 5.38. The molecule has 3 aromatic heterocycles. The Morgan fingerprint density at radius 2 is 2.12 bits per heavy atom. The minimum Gasteiger partial charge on any atom is -0.467 e. The molecule has 0 aliphatic heterocycles. The molecule has 3 heterocycles. The number of furan rings is 2. The number of nitrogens with zero attached hydrogens (tertiary/aromatic N) is 2. The van der Waals surface area contributed by atoms with Crippen LogP contribution in [0.4, 0.5) is 0 Å². The molecule has 4 aromatic rings. The lowest BCUT2D eigenvalue weighted by atomic mass is 10.2. The number of hydrogen-bond acceptors (Lipinski definition) is 4. The number of hydrogen-bond donors (Lipinski definition) is 1. The number of aromatic nitrogens is 2. The first-order valence-electron chi connectivity index (χ1n) is 7.60. The molecule has 1 aromatic carbocycles. The van der Waals surface area contributed by atoms with Crippen molar-refractivity contribution in [1.82, 2.24) is 15.1 Å². The van der Waals surface area contributed by atoms with Gasteiger partial charge in [-0.25, -0.2) is 0 Å². The Bertz CT molecular complexity index is 872. The fourth-order valence-electron chi connectivity index (χ4n) is 2.64. The molecule has 1 amide bonds. The molecule has 6 nitrogen and oxygen atoms in total. The predicted molar refractivity (Wildman–Crippen MR) is 87.6 cm³/mol. The molecule has 0 saturated carbocycles. The van der Waals surface area contributed by atoms with Gasteiger partial charge in [0, 0.05) is 24.3 Å². The van der Waals surface area contributed by atoms with Gasteiger partial charge < -0.3 is 14.2 Å². The minimum atomic E-state index is -0.269. The van der Waals surface area contributed by atoms with Gasteiger partial charge in [-0.2, -0.15) is 5.10 Å². The molecule has 4 rings (SSSR count). The summed E-state index contributed by atoms with van der Waals surface area (Å²) in [4.78, 5) is 12.4. The van der Waals surface area contributed by atoms with Gasteiger partial charge >= 0.3 is 0 Å². The molecular weight excluding hydrogens is 306 g/mol. The molecule has 0 fully saturated rings. The first kappa shape index (κ1) is 14.3. The van der Waals surface area contributed by atoms with E-state index in [0.29, 0.717) is 12.1 Å². The highest BCUT2D eigenvalue weighted by molar-refractivity contribution is 5.96. The molecular formula is C18H15N3O3. The van der Waals surface area contributed by atoms with Gasteiger partial charge in [0.05, 0.1) is 6.26 Å². The summed E-state index contributed by atoms with van der Waals surface area (Å²) < 4.78 is 12.8. The van der Waals surface area contributed by atoms with E-state index in [1.54, 1.807) is 23.2 Å². The number of rotatable bonds is 5. The van der Waals surface area contributed by atoms with Crippen molar-refractivity contribution in [3.63, 3.8) is 0 Å². The molecule has 6 heteroatoms. The summed E-state index contributed by atoms with van der Waals surface area (Å²) in [5, 5.41) is 8.02. The summed E-state index contributed by atoms with van der Waals surface area (Å²) in [5.74, 6) is 0.744. The van der Waals surface area contributed by atoms with E-state index in [9.17, 15) is 4.79 Å². The van der Waals surface area contributed by atoms with Crippen LogP contribution in [-0.2, 0) is 0 Å². The Morgan fingerprint density at radius 3 is 2.88 bits per heavy atom. The first-order chi connectivity index (χ1) is 11.8. The van der Waals surface area contributed by atoms with E-state index >= 15 is 0 Å². The zero-order chi connectivity index (χ0) is 16.4. The van der Waals surface area contributed by atoms with Gasteiger partial charge in [-0.05, 0) is 30.3 Å². The van der Waals surface area contributed by atoms with Crippen molar-refractivity contribution in [2.75, 3.05) is 6.54 Å². The average Bonchev–Trinajstić information content (AvgIpc) is 3.35. The number of nitrogens with one attached hydrogen (secondary N) is 1. The highest BCUT2D eigenvalue weighted by Crippen LogP contribution is 2.20. The van der Waals surface area contributed by atoms with Crippen LogP contribution >= 0.6 is 0 Å². The number of amides is 1. The summed E-state index contributed by atoms with van der Waals surface area (Å²) in [5.41, 5.74) is 0.692. The highest BCUT2D eigenvalue weighted by atomic mass is 16.3. The fraction of sp³-hybridized carbons (Fsp3) is 0.111. The molecule has 120 valence electrons. The Kier molecular flexibility index (Phi) is 3.63. The lowest BCUT2D eigenvalue weighted by molar-refractivity contribution is 0.0922. The van der Waals surface area contributed by atoms with Crippen molar-refractivity contribution in [2.24, 2.45) is 0 Å². The van der Waals surface area contributed by atoms with E-state index < -0.39 is 0 Å². The van der Waals surface area contributed by atoms with Crippen LogP contribution in [0, 0.1) is 0 Å². The van der Waals surface area contributed by atoms with E-state index in [-0.39, 0.29) is 17.7 Å². The van der Waals surface area contributed by atoms with Crippen LogP contribution < -0.4 is 5.32 Å². The van der Waals surface area contributed by atoms with Crippen molar-refractivity contribution in [2.45, 2.75) is 6.04 Å². The zero-order valence-corrected chi connectivity index (χ0v) is 12.8. The second kappa shape index (κ2) is 6.08. The van der Waals surface area contributed by atoms with Gasteiger partial charge in [0.15, 0.2) is 5.76 Å². The van der Waals surface area contributed by atoms with Crippen LogP contribution in [-0.4, -0.2) is 22.2 Å². The van der Waals surface area contributed by atoms with Gasteiger partial charge in [-0.3, -0.25) is 9.48 Å². The van der Waals surface area contributed by atoms with Gasteiger partial charge in [0.25, 0.3) is 5.91 Å². The third-order valence-corrected chi connectivity index (χ3v) is 3.82. The molecule has 0 aliphatic carbocycles. The van der Waals surface area contributed by atoms with Crippen molar-refractivity contribution in [3.8, 4) is 0 Å². The predicted octanol–water partition coefficient (Wildman–Crippen LogP) is 3.24. The smallest absolute Gasteiger partial charge is 0.287 e. The third kappa shape index (κ3) is 2.69. The summed E-state index contributed by atoms with van der Waals surface area (Å²) in [6.45, 7) is 0.338. The van der Waals surface area contributed by atoms with E-state index in [1.807, 2.05) is 48.7 Å². The normalized spacial score (nSPS) is 12.3. The Balaban J connectivity index is 1.52. The van der Waals surface area contributed by atoms with Crippen LogP contribution in [0.1, 0.15) is 22.4 Å². The number of carbonyl (C=O) groups excluding carboxylic acids is 1. The van der Waals surface area contributed by atoms with Crippen LogP contribution in [0.15, 0.2) is 76.0 Å². The Morgan fingerprint density at radius 1 is 1.21 bits per heavy atom. The van der Waals surface area contributed by atoms with Gasteiger partial charge in [-0.1, -0.05) is 18.2 Å². The second-order valence-corrected chi connectivity index (χ2v) is 5.38. The van der Waals surface area contributed by atoms with E-state index in [4.69, 9.17) is 8.83 Å². The summed E-state index contributed by atoms with van der Waals surface area (Å²) >= 11 is 0. The van der Waals surface area contributed by atoms with Crippen LogP contribution in [0.5, 0.6) is 0 Å². The maximum absolute atomic E-state index is 12.4. The van der Waals surface area contributed by atoms with Crippen LogP contribution in [0.3, 0.4) is 0 Å². The van der Waals surface area contributed by atoms with Gasteiger partial charge in [0.1, 0.15) is 17.4 Å². The number of carbonyl (C=O) groups is 1. The summed E-state index contributed by atoms with van der Waals surface area (Å²) in [6.07, 6.45) is 5.13. The molecule has 0 saturated heterocycles. The third-order valence-electron chi connectivity index (χ3n) is 3.82. The maximum Gasteiger partial charge on any atom is 0.287 e. The van der Waals surface area contributed by atoms with Gasteiger partial charge in [-0.15, -0.1) is 0 Å². The molecule has 0 spiro atoms. The summed E-state index contributed by atoms with van der Waals surface area (Å²) in [7, 11) is 0. The van der Waals surface area contributed by atoms with Crippen molar-refractivity contribution >= 4 is 16.9 Å². The topological polar surface area (TPSA) is 73.2 Å². The molecule has 0 bridgehead atoms. The Hall–Kier alpha value is -3.28. The van der Waals surface area contributed by atoms with E-state index in [1.165, 1.54) is 0 Å². The molecule has 0 radical (unpaired) electrons. The zero-order valence-electron chi connectivity index (χ0n) is 12.8. The molecule has 24 heavy (non-hydrogen) atoms. The largest absolute Gasteiger partial charge is 0.467 e. The lowest BCUT2D eigenvalue weighted by Gasteiger charge is -2.15. The van der Waals surface area contributed by atoms with Crippen molar-refractivity contribution in [3.05, 3.63) is 78.7 Å². The van der Waals surface area contributed by atoms with Crippen LogP contribution in [0.25, 0.3) is 11.0 Å². The molecule has 0 aliphatic rings. The molecule has 1 unspecified atom stereocenters. The SMILES string of the molecule is O=C(NCC(c1ccco1)n1cccn1)c1cc2ccccc2o1. The maximum atomic E-state index is 12.4. The van der Waals surface area contributed by atoms with Crippen molar-refractivity contribution in [1.29, 1.82) is 0 Å². The summed E-state index contributed by atoms with van der Waals surface area (Å²) in [6, 6.07) is 14.5. The quantitative estimate of drug-likeness (QED) is 0.612. The number of benzene rings is 1. The number of fused-ring (bicyclic) bond motifs is 1. The standard InChI is InChI=1S/C18H15N3O3/c22-18(17-11-13-5-1-2-6-15(13)24-17)19-12-14(16-7-3-10-23-16)21-9-4-8-20-21/h1-11,14H,12H2,(H,19,22). The van der Waals surface area contributed by atoms with Crippen molar-refractivity contribution < 1.29 is 13.6 Å². The molecule has 1 N–H and O–H groups in total. The lowest BCUT2D eigenvalue weighted by Crippen LogP contribution is -2.31. The highest BCUT2D eigenvalue weighted by Gasteiger charge is 2.19. The minimum absolute atomic E-state index is 0.219. The number of para-hydroxylation sites is 1. The fourth-order valence-corrected chi connectivity index (χ4v) is 2.64. The van der Waals surface area contributed by atoms with Gasteiger partial charge in [0.2, 0.25) is 0 Å². The first-order valence-corrected chi connectivity index (χ1v) is 7.60. The average molecular weight is 321 g/mol. The monoisotopic (exact) mass is 321 g/mol. The Labute approximate surface area is 137 Å².